The van der Waals surface area contributed by atoms with Crippen molar-refractivity contribution in [1.29, 1.82) is 0 Å². The van der Waals surface area contributed by atoms with Gasteiger partial charge in [0.25, 0.3) is 0 Å². The van der Waals surface area contributed by atoms with Gasteiger partial charge in [-0.2, -0.15) is 0 Å². The van der Waals surface area contributed by atoms with Gasteiger partial charge in [-0.3, -0.25) is 4.79 Å². The molecule has 1 spiro atoms. The minimum atomic E-state index is 0.339. The monoisotopic (exact) mass is 287 g/mol. The van der Waals surface area contributed by atoms with Crippen molar-refractivity contribution >= 4 is 6.41 Å². The van der Waals surface area contributed by atoms with Crippen LogP contribution in [0.1, 0.15) is 51.0 Å². The van der Waals surface area contributed by atoms with Gasteiger partial charge < -0.3 is 9.64 Å². The molecule has 114 valence electrons. The van der Waals surface area contributed by atoms with Crippen LogP contribution in [0.25, 0.3) is 0 Å². The summed E-state index contributed by atoms with van der Waals surface area (Å²) in [6.07, 6.45) is 5.91. The van der Waals surface area contributed by atoms with Crippen LogP contribution in [0.4, 0.5) is 0 Å². The van der Waals surface area contributed by atoms with E-state index in [0.717, 1.165) is 38.1 Å². The predicted molar refractivity (Wildman–Crippen MR) is 83.5 cm³/mol. The van der Waals surface area contributed by atoms with Crippen molar-refractivity contribution in [3.63, 3.8) is 0 Å². The van der Waals surface area contributed by atoms with Crippen LogP contribution in [0.15, 0.2) is 24.3 Å². The molecule has 1 heterocycles. The molecule has 21 heavy (non-hydrogen) atoms. The Morgan fingerprint density at radius 1 is 1.19 bits per heavy atom. The van der Waals surface area contributed by atoms with E-state index in [2.05, 4.69) is 38.1 Å². The summed E-state index contributed by atoms with van der Waals surface area (Å²) in [5.74, 6) is 1.55. The van der Waals surface area contributed by atoms with Crippen LogP contribution in [0, 0.1) is 5.41 Å². The Hall–Kier alpha value is -1.51. The summed E-state index contributed by atoms with van der Waals surface area (Å²) in [6, 6.07) is 8.52. The number of benzene rings is 1. The lowest BCUT2D eigenvalue weighted by atomic mass is 9.68. The highest BCUT2D eigenvalue weighted by molar-refractivity contribution is 5.49. The maximum Gasteiger partial charge on any atom is 0.209 e. The first-order valence-corrected chi connectivity index (χ1v) is 8.06. The quantitative estimate of drug-likeness (QED) is 0.792. The molecule has 1 aliphatic heterocycles. The first-order chi connectivity index (χ1) is 10.1. The van der Waals surface area contributed by atoms with E-state index in [-0.39, 0.29) is 0 Å². The molecule has 1 aliphatic carbocycles. The van der Waals surface area contributed by atoms with Gasteiger partial charge in [0.15, 0.2) is 0 Å². The van der Waals surface area contributed by atoms with Crippen LogP contribution >= 0.6 is 0 Å². The van der Waals surface area contributed by atoms with Crippen molar-refractivity contribution in [3.05, 3.63) is 29.8 Å². The maximum atomic E-state index is 10.7. The number of rotatable bonds is 4. The average molecular weight is 287 g/mol. The molecule has 1 aromatic rings. The summed E-state index contributed by atoms with van der Waals surface area (Å²) in [6.45, 7) is 6.31. The van der Waals surface area contributed by atoms with Crippen molar-refractivity contribution in [2.45, 2.75) is 51.6 Å². The topological polar surface area (TPSA) is 29.5 Å². The van der Waals surface area contributed by atoms with Crippen molar-refractivity contribution in [3.8, 4) is 5.75 Å². The Labute approximate surface area is 127 Å². The molecule has 3 rings (SSSR count). The second kappa shape index (κ2) is 5.70. The number of carbonyl (C=O) groups excluding carboxylic acids is 1. The zero-order valence-electron chi connectivity index (χ0n) is 13.0. The summed E-state index contributed by atoms with van der Waals surface area (Å²) >= 11 is 0. The molecule has 1 aromatic carbocycles. The Morgan fingerprint density at radius 2 is 1.81 bits per heavy atom. The standard InChI is InChI=1S/C18H25NO2/c1-14(2)15-3-5-16(6-4-15)21-17-7-9-18(10-8-17)11-19(12-18)13-20/h3-6,13-14,17H,7-12H2,1-2H3. The zero-order chi connectivity index (χ0) is 14.9. The Morgan fingerprint density at radius 3 is 2.33 bits per heavy atom. The normalized spacial score (nSPS) is 21.4. The average Bonchev–Trinajstić information content (AvgIpc) is 2.46. The lowest BCUT2D eigenvalue weighted by Gasteiger charge is -2.52. The largest absolute Gasteiger partial charge is 0.490 e. The van der Waals surface area contributed by atoms with Gasteiger partial charge in [-0.05, 0) is 49.3 Å². The van der Waals surface area contributed by atoms with Gasteiger partial charge in [-0.15, -0.1) is 0 Å². The van der Waals surface area contributed by atoms with Gasteiger partial charge in [0.05, 0.1) is 6.10 Å². The van der Waals surface area contributed by atoms with Crippen LogP contribution < -0.4 is 4.74 Å². The van der Waals surface area contributed by atoms with E-state index in [1.165, 1.54) is 18.4 Å². The van der Waals surface area contributed by atoms with Crippen LogP contribution in [0.3, 0.4) is 0 Å². The molecule has 3 heteroatoms. The molecule has 0 unspecified atom stereocenters. The van der Waals surface area contributed by atoms with Gasteiger partial charge in [0.1, 0.15) is 5.75 Å². The lowest BCUT2D eigenvalue weighted by Crippen LogP contribution is -2.57. The number of hydrogen-bond donors (Lipinski definition) is 0. The Kier molecular flexibility index (Phi) is 3.92. The molecule has 0 bridgehead atoms. The zero-order valence-corrected chi connectivity index (χ0v) is 13.0. The van der Waals surface area contributed by atoms with Crippen molar-refractivity contribution in [2.24, 2.45) is 5.41 Å². The van der Waals surface area contributed by atoms with Gasteiger partial charge in [0, 0.05) is 18.5 Å². The summed E-state index contributed by atoms with van der Waals surface area (Å²) in [5, 5.41) is 0. The van der Waals surface area contributed by atoms with Gasteiger partial charge >= 0.3 is 0 Å². The molecule has 3 nitrogen and oxygen atoms in total. The summed E-state index contributed by atoms with van der Waals surface area (Å²) in [7, 11) is 0. The van der Waals surface area contributed by atoms with Crippen LogP contribution in [-0.4, -0.2) is 30.5 Å². The van der Waals surface area contributed by atoms with Crippen LogP contribution in [0.2, 0.25) is 0 Å². The number of amides is 1. The fraction of sp³-hybridized carbons (Fsp3) is 0.611. The smallest absolute Gasteiger partial charge is 0.209 e. The van der Waals surface area contributed by atoms with E-state index < -0.39 is 0 Å². The van der Waals surface area contributed by atoms with E-state index in [1.807, 2.05) is 4.90 Å². The number of nitrogens with zero attached hydrogens (tertiary/aromatic N) is 1. The van der Waals surface area contributed by atoms with E-state index in [1.54, 1.807) is 0 Å². The molecule has 1 amide bonds. The third-order valence-electron chi connectivity index (χ3n) is 5.07. The van der Waals surface area contributed by atoms with Crippen molar-refractivity contribution in [2.75, 3.05) is 13.1 Å². The van der Waals surface area contributed by atoms with Crippen LogP contribution in [-0.2, 0) is 4.79 Å². The third-order valence-corrected chi connectivity index (χ3v) is 5.07. The van der Waals surface area contributed by atoms with Gasteiger partial charge in [-0.1, -0.05) is 26.0 Å². The second-order valence-electron chi connectivity index (χ2n) is 7.05. The fourth-order valence-corrected chi connectivity index (χ4v) is 3.65. The lowest BCUT2D eigenvalue weighted by molar-refractivity contribution is -0.132. The fourth-order valence-electron chi connectivity index (χ4n) is 3.65. The molecular formula is C18H25NO2. The highest BCUT2D eigenvalue weighted by atomic mass is 16.5. The molecule has 0 radical (unpaired) electrons. The van der Waals surface area contributed by atoms with E-state index in [0.29, 0.717) is 17.4 Å². The summed E-state index contributed by atoms with van der Waals surface area (Å²) in [5.41, 5.74) is 1.76. The number of ether oxygens (including phenoxy) is 1. The first kappa shape index (κ1) is 14.4. The van der Waals surface area contributed by atoms with Gasteiger partial charge in [-0.25, -0.2) is 0 Å². The van der Waals surface area contributed by atoms with Crippen molar-refractivity contribution in [1.82, 2.24) is 4.90 Å². The number of likely N-dealkylation sites (tertiary alicyclic amines) is 1. The summed E-state index contributed by atoms with van der Waals surface area (Å²) < 4.78 is 6.12. The molecule has 0 atom stereocenters. The molecule has 0 aromatic heterocycles. The van der Waals surface area contributed by atoms with E-state index in [4.69, 9.17) is 4.74 Å². The van der Waals surface area contributed by atoms with E-state index >= 15 is 0 Å². The second-order valence-corrected chi connectivity index (χ2v) is 7.05. The highest BCUT2D eigenvalue weighted by Gasteiger charge is 2.45. The predicted octanol–water partition coefficient (Wildman–Crippen LogP) is 3.59. The van der Waals surface area contributed by atoms with E-state index in [9.17, 15) is 4.79 Å². The molecule has 2 fully saturated rings. The molecule has 0 N–H and O–H groups in total. The molecule has 1 saturated carbocycles. The molecule has 1 saturated heterocycles. The third kappa shape index (κ3) is 3.07. The molecular weight excluding hydrogens is 262 g/mol. The number of carbonyl (C=O) groups is 1. The maximum absolute atomic E-state index is 10.7. The SMILES string of the molecule is CC(C)c1ccc(OC2CCC3(CC2)CN(C=O)C3)cc1. The number of hydrogen-bond acceptors (Lipinski definition) is 2. The summed E-state index contributed by atoms with van der Waals surface area (Å²) in [4.78, 5) is 12.6. The molecule has 2 aliphatic rings. The highest BCUT2D eigenvalue weighted by Crippen LogP contribution is 2.43. The van der Waals surface area contributed by atoms with Crippen LogP contribution in [0.5, 0.6) is 5.75 Å². The van der Waals surface area contributed by atoms with Crippen molar-refractivity contribution < 1.29 is 9.53 Å². The first-order valence-electron chi connectivity index (χ1n) is 8.06. The Balaban J connectivity index is 1.50. The van der Waals surface area contributed by atoms with Gasteiger partial charge in [0.2, 0.25) is 6.41 Å². The Bertz CT molecular complexity index is 478. The minimum Gasteiger partial charge on any atom is -0.490 e. The minimum absolute atomic E-state index is 0.339.